The molecule has 0 saturated carbocycles. The fourth-order valence-electron chi connectivity index (χ4n) is 2.97. The zero-order chi connectivity index (χ0) is 16.1. The Morgan fingerprint density at radius 2 is 1.83 bits per heavy atom. The molecule has 0 unspecified atom stereocenters. The highest BCUT2D eigenvalue weighted by molar-refractivity contribution is 6.24. The van der Waals surface area contributed by atoms with Gasteiger partial charge in [0.05, 0.1) is 0 Å². The Kier molecular flexibility index (Phi) is 4.89. The molecule has 1 aliphatic carbocycles. The van der Waals surface area contributed by atoms with Gasteiger partial charge in [0.2, 0.25) is 0 Å². The van der Waals surface area contributed by atoms with Crippen molar-refractivity contribution in [2.75, 3.05) is 20.7 Å². The molecule has 0 heterocycles. The Morgan fingerprint density at radius 1 is 1.04 bits per heavy atom. The molecule has 23 heavy (non-hydrogen) atoms. The van der Waals surface area contributed by atoms with Gasteiger partial charge in [0.15, 0.2) is 0 Å². The van der Waals surface area contributed by atoms with Gasteiger partial charge in [-0.15, -0.1) is 0 Å². The minimum absolute atomic E-state index is 0.920. The van der Waals surface area contributed by atoms with Crippen molar-refractivity contribution in [1.29, 1.82) is 0 Å². The van der Waals surface area contributed by atoms with E-state index in [1.54, 1.807) is 7.11 Å². The van der Waals surface area contributed by atoms with Crippen molar-refractivity contribution in [1.82, 2.24) is 5.32 Å². The van der Waals surface area contributed by atoms with Crippen molar-refractivity contribution in [3.63, 3.8) is 0 Å². The molecule has 1 N–H and O–H groups in total. The van der Waals surface area contributed by atoms with E-state index in [4.69, 9.17) is 4.84 Å². The maximum Gasteiger partial charge on any atom is 0.118 e. The molecule has 0 spiro atoms. The van der Waals surface area contributed by atoms with E-state index in [-0.39, 0.29) is 0 Å². The first-order valence-electron chi connectivity index (χ1n) is 8.01. The van der Waals surface area contributed by atoms with E-state index in [9.17, 15) is 0 Å². The maximum atomic E-state index is 5.07. The molecule has 0 amide bonds. The van der Waals surface area contributed by atoms with Crippen LogP contribution in [0, 0.1) is 0 Å². The van der Waals surface area contributed by atoms with E-state index in [0.29, 0.717) is 0 Å². The summed E-state index contributed by atoms with van der Waals surface area (Å²) in [6, 6.07) is 14.9. The average Bonchev–Trinajstić information content (AvgIpc) is 2.89. The highest BCUT2D eigenvalue weighted by Crippen LogP contribution is 2.37. The van der Waals surface area contributed by atoms with Crippen molar-refractivity contribution < 1.29 is 4.84 Å². The summed E-state index contributed by atoms with van der Waals surface area (Å²) in [6.07, 6.45) is 6.65. The number of allylic oxidation sites excluding steroid dienone is 1. The van der Waals surface area contributed by atoms with Crippen molar-refractivity contribution in [3.8, 4) is 11.1 Å². The molecule has 2 aromatic carbocycles. The number of nitrogens with zero attached hydrogens (tertiary/aromatic N) is 1. The van der Waals surface area contributed by atoms with Crippen LogP contribution in [0.4, 0.5) is 0 Å². The zero-order valence-electron chi connectivity index (χ0n) is 13.7. The van der Waals surface area contributed by atoms with Gasteiger partial charge in [0.25, 0.3) is 0 Å². The fourth-order valence-corrected chi connectivity index (χ4v) is 2.97. The number of oxime groups is 1. The molecule has 3 heteroatoms. The topological polar surface area (TPSA) is 33.6 Å². The summed E-state index contributed by atoms with van der Waals surface area (Å²) in [5.74, 6) is 0. The summed E-state index contributed by atoms with van der Waals surface area (Å²) in [7, 11) is 3.58. The van der Waals surface area contributed by atoms with Gasteiger partial charge < -0.3 is 10.2 Å². The van der Waals surface area contributed by atoms with Crippen LogP contribution in [0.15, 0.2) is 53.7 Å². The van der Waals surface area contributed by atoms with Gasteiger partial charge in [-0.2, -0.15) is 0 Å². The Labute approximate surface area is 137 Å². The number of fused-ring (bicyclic) bond motifs is 3. The largest absolute Gasteiger partial charge is 0.399 e. The molecule has 3 rings (SSSR count). The first-order valence-corrected chi connectivity index (χ1v) is 8.01. The monoisotopic (exact) mass is 306 g/mol. The van der Waals surface area contributed by atoms with Crippen molar-refractivity contribution in [3.05, 3.63) is 65.2 Å². The second-order valence-electron chi connectivity index (χ2n) is 5.62. The third kappa shape index (κ3) is 3.20. The second kappa shape index (κ2) is 7.25. The Bertz CT molecular complexity index is 747. The van der Waals surface area contributed by atoms with Gasteiger partial charge in [0, 0.05) is 11.1 Å². The number of benzene rings is 2. The molecule has 0 bridgehead atoms. The summed E-state index contributed by atoms with van der Waals surface area (Å²) in [6.45, 7) is 1.05. The van der Waals surface area contributed by atoms with Crippen LogP contribution in [0.1, 0.15) is 29.5 Å². The standard InChI is InChI=1S/C20H22N2O/c1-21-13-7-3-4-8-15-11-12-17-16-9-5-6-10-18(16)20(22-23-2)19(17)14-15/h4-6,8-12,14,21H,3,7,13H2,1-2H3/b8-4+,22-20-. The van der Waals surface area contributed by atoms with Crippen molar-refractivity contribution in [2.45, 2.75) is 12.8 Å². The normalized spacial score (nSPS) is 14.3. The smallest absolute Gasteiger partial charge is 0.118 e. The zero-order valence-corrected chi connectivity index (χ0v) is 13.7. The predicted octanol–water partition coefficient (Wildman–Crippen LogP) is 4.08. The quantitative estimate of drug-likeness (QED) is 0.550. The lowest BCUT2D eigenvalue weighted by atomic mass is 10.0. The van der Waals surface area contributed by atoms with Gasteiger partial charge in [-0.05, 0) is 49.2 Å². The number of hydrogen-bond acceptors (Lipinski definition) is 3. The lowest BCUT2D eigenvalue weighted by Crippen LogP contribution is -2.06. The molecule has 0 radical (unpaired) electrons. The molecule has 0 atom stereocenters. The summed E-state index contributed by atoms with van der Waals surface area (Å²) >= 11 is 0. The van der Waals surface area contributed by atoms with E-state index < -0.39 is 0 Å². The average molecular weight is 306 g/mol. The Morgan fingerprint density at radius 3 is 2.61 bits per heavy atom. The van der Waals surface area contributed by atoms with Crippen LogP contribution >= 0.6 is 0 Å². The molecule has 1 aliphatic rings. The van der Waals surface area contributed by atoms with Crippen LogP contribution in [-0.4, -0.2) is 26.4 Å². The highest BCUT2D eigenvalue weighted by atomic mass is 16.6. The van der Waals surface area contributed by atoms with Gasteiger partial charge in [0.1, 0.15) is 12.8 Å². The van der Waals surface area contributed by atoms with Gasteiger partial charge in [-0.1, -0.05) is 53.7 Å². The van der Waals surface area contributed by atoms with E-state index in [0.717, 1.165) is 36.2 Å². The minimum Gasteiger partial charge on any atom is -0.399 e. The number of hydrogen-bond donors (Lipinski definition) is 1. The summed E-state index contributed by atoms with van der Waals surface area (Å²) in [5, 5.41) is 7.42. The molecule has 3 nitrogen and oxygen atoms in total. The molecular weight excluding hydrogens is 284 g/mol. The van der Waals surface area contributed by atoms with Crippen molar-refractivity contribution >= 4 is 11.8 Å². The Hall–Kier alpha value is -2.39. The van der Waals surface area contributed by atoms with Gasteiger partial charge in [-0.3, -0.25) is 0 Å². The summed E-state index contributed by atoms with van der Waals surface area (Å²) in [5.41, 5.74) is 6.85. The van der Waals surface area contributed by atoms with E-state index in [2.05, 4.69) is 59.0 Å². The second-order valence-corrected chi connectivity index (χ2v) is 5.62. The van der Waals surface area contributed by atoms with Crippen LogP contribution in [0.5, 0.6) is 0 Å². The molecule has 0 aliphatic heterocycles. The van der Waals surface area contributed by atoms with Crippen molar-refractivity contribution in [2.24, 2.45) is 5.16 Å². The van der Waals surface area contributed by atoms with Crippen LogP contribution in [0.2, 0.25) is 0 Å². The first-order chi connectivity index (χ1) is 11.3. The van der Waals surface area contributed by atoms with Gasteiger partial charge in [-0.25, -0.2) is 0 Å². The lowest BCUT2D eigenvalue weighted by molar-refractivity contribution is 0.214. The molecule has 0 aromatic heterocycles. The lowest BCUT2D eigenvalue weighted by Gasteiger charge is -2.02. The number of nitrogens with one attached hydrogen (secondary N) is 1. The van der Waals surface area contributed by atoms with Crippen LogP contribution in [-0.2, 0) is 4.84 Å². The molecule has 2 aromatic rings. The van der Waals surface area contributed by atoms with Gasteiger partial charge >= 0.3 is 0 Å². The SMILES string of the molecule is CNCCC/C=C/c1ccc2c(c1)/C(=N\OC)c1ccccc1-2. The first kappa shape index (κ1) is 15.5. The van der Waals surface area contributed by atoms with Crippen LogP contribution in [0.3, 0.4) is 0 Å². The summed E-state index contributed by atoms with van der Waals surface area (Å²) in [4.78, 5) is 5.07. The fraction of sp³-hybridized carbons (Fsp3) is 0.250. The Balaban J connectivity index is 1.90. The van der Waals surface area contributed by atoms with E-state index >= 15 is 0 Å². The third-order valence-electron chi connectivity index (χ3n) is 4.06. The number of unbranched alkanes of at least 4 members (excludes halogenated alkanes) is 1. The van der Waals surface area contributed by atoms with E-state index in [1.165, 1.54) is 16.7 Å². The van der Waals surface area contributed by atoms with Crippen LogP contribution < -0.4 is 5.32 Å². The maximum absolute atomic E-state index is 5.07. The minimum atomic E-state index is 0.920. The van der Waals surface area contributed by atoms with E-state index in [1.807, 2.05) is 13.1 Å². The molecule has 118 valence electrons. The summed E-state index contributed by atoms with van der Waals surface area (Å²) < 4.78 is 0. The molecule has 0 fully saturated rings. The van der Waals surface area contributed by atoms with Crippen LogP contribution in [0.25, 0.3) is 17.2 Å². The molecular formula is C20H22N2O. The number of rotatable bonds is 6. The molecule has 0 saturated heterocycles. The third-order valence-corrected chi connectivity index (χ3v) is 4.06. The predicted molar refractivity (Wildman–Crippen MR) is 96.7 cm³/mol. The highest BCUT2D eigenvalue weighted by Gasteiger charge is 2.25.